The van der Waals surface area contributed by atoms with Crippen LogP contribution in [0.1, 0.15) is 22.7 Å². The highest BCUT2D eigenvalue weighted by Crippen LogP contribution is 2.50. The second-order valence-corrected chi connectivity index (χ2v) is 9.56. The minimum atomic E-state index is -6.02. The van der Waals surface area contributed by atoms with Gasteiger partial charge in [-0.05, 0) is 41.8 Å². The van der Waals surface area contributed by atoms with Crippen LogP contribution >= 0.6 is 12.4 Å². The fraction of sp³-hybridized carbons (Fsp3) is 0.350. The number of fused-ring (bicyclic) bond motifs is 1. The molecule has 188 valence electrons. The van der Waals surface area contributed by atoms with E-state index >= 15 is 0 Å². The molecule has 3 N–H and O–H groups in total. The molecular weight excluding hydrogens is 514 g/mol. The monoisotopic (exact) mass is 532 g/mol. The van der Waals surface area contributed by atoms with E-state index in [-0.39, 0.29) is 23.0 Å². The smallest absolute Gasteiger partial charge is 0.369 e. The fourth-order valence-electron chi connectivity index (χ4n) is 3.50. The average molecular weight is 533 g/mol. The molecule has 0 aliphatic carbocycles. The molecule has 0 radical (unpaired) electrons. The van der Waals surface area contributed by atoms with Crippen LogP contribution in [0.5, 0.6) is 0 Å². The van der Waals surface area contributed by atoms with Crippen LogP contribution in [0.25, 0.3) is 0 Å². The number of halogens is 7. The highest BCUT2D eigenvalue weighted by molar-refractivity contribution is 7.90. The summed E-state index contributed by atoms with van der Waals surface area (Å²) in [6, 6.07) is 5.82. The molecular formula is C20H19ClF6N2O4S. The number of hydrogen-bond acceptors (Lipinski definition) is 5. The minimum Gasteiger partial charge on any atom is -0.369 e. The van der Waals surface area contributed by atoms with E-state index in [0.717, 1.165) is 18.4 Å². The molecule has 3 rings (SSSR count). The number of alkyl halides is 6. The lowest BCUT2D eigenvalue weighted by Gasteiger charge is -2.32. The van der Waals surface area contributed by atoms with Crippen molar-refractivity contribution in [3.05, 3.63) is 59.2 Å². The summed E-state index contributed by atoms with van der Waals surface area (Å²) in [6.07, 6.45) is -10.5. The Labute approximate surface area is 196 Å². The Kier molecular flexibility index (Phi) is 7.68. The van der Waals surface area contributed by atoms with Gasteiger partial charge in [0.2, 0.25) is 5.91 Å². The Hall–Kier alpha value is -2.35. The third kappa shape index (κ3) is 5.16. The van der Waals surface area contributed by atoms with Crippen LogP contribution in [0.2, 0.25) is 0 Å². The second-order valence-electron chi connectivity index (χ2n) is 7.54. The molecule has 1 aliphatic heterocycles. The molecule has 0 saturated carbocycles. The summed E-state index contributed by atoms with van der Waals surface area (Å²) in [4.78, 5) is 12.8. The number of rotatable bonds is 4. The SMILES string of the molecule is CS(=O)(=O)c1ccc2c(c1)CCNC2C(=O)Nc1ccc(C(O)(C(F)(F)F)C(F)(F)F)cc1.Cl. The van der Waals surface area contributed by atoms with Crippen LogP contribution in [0, 0.1) is 0 Å². The molecule has 1 unspecified atom stereocenters. The molecule has 0 bridgehead atoms. The maximum Gasteiger partial charge on any atom is 0.430 e. The highest BCUT2D eigenvalue weighted by atomic mass is 35.5. The van der Waals surface area contributed by atoms with Crippen molar-refractivity contribution in [2.24, 2.45) is 0 Å². The highest BCUT2D eigenvalue weighted by Gasteiger charge is 2.71. The Balaban J connectivity index is 0.00000408. The maximum absolute atomic E-state index is 13.0. The first-order valence-corrected chi connectivity index (χ1v) is 11.3. The quantitative estimate of drug-likeness (QED) is 0.523. The molecule has 34 heavy (non-hydrogen) atoms. The van der Waals surface area contributed by atoms with Gasteiger partial charge >= 0.3 is 12.4 Å². The topological polar surface area (TPSA) is 95.5 Å². The molecule has 14 heteroatoms. The second kappa shape index (κ2) is 9.36. The molecule has 1 heterocycles. The summed E-state index contributed by atoms with van der Waals surface area (Å²) in [5, 5.41) is 14.8. The first-order chi connectivity index (χ1) is 15.1. The number of benzene rings is 2. The summed E-state index contributed by atoms with van der Waals surface area (Å²) < 4.78 is 101. The third-order valence-electron chi connectivity index (χ3n) is 5.25. The Morgan fingerprint density at radius 3 is 2.09 bits per heavy atom. The van der Waals surface area contributed by atoms with E-state index < -0.39 is 45.3 Å². The van der Waals surface area contributed by atoms with Crippen molar-refractivity contribution in [2.75, 3.05) is 18.1 Å². The summed E-state index contributed by atoms with van der Waals surface area (Å²) >= 11 is 0. The standard InChI is InChI=1S/C20H18F6N2O4S.ClH/c1-33(31,32)14-6-7-15-11(10-14)8-9-27-16(15)17(29)28-13-4-2-12(3-5-13)18(30,19(21,22)23)20(24,25)26;/h2-7,10,16,27,30H,8-9H2,1H3,(H,28,29);1H. The molecule has 0 fully saturated rings. The Morgan fingerprint density at radius 2 is 1.59 bits per heavy atom. The zero-order chi connectivity index (χ0) is 24.8. The molecule has 0 saturated heterocycles. The zero-order valence-corrected chi connectivity index (χ0v) is 18.9. The lowest BCUT2D eigenvalue weighted by molar-refractivity contribution is -0.376. The van der Waals surface area contributed by atoms with Crippen molar-refractivity contribution in [1.29, 1.82) is 0 Å². The van der Waals surface area contributed by atoms with Crippen molar-refractivity contribution in [3.8, 4) is 0 Å². The van der Waals surface area contributed by atoms with Crippen molar-refractivity contribution in [3.63, 3.8) is 0 Å². The van der Waals surface area contributed by atoms with E-state index in [0.29, 0.717) is 36.2 Å². The molecule has 6 nitrogen and oxygen atoms in total. The third-order valence-corrected chi connectivity index (χ3v) is 6.36. The molecule has 1 aliphatic rings. The van der Waals surface area contributed by atoms with Gasteiger partial charge in [0.25, 0.3) is 5.60 Å². The number of nitrogens with one attached hydrogen (secondary N) is 2. The first-order valence-electron chi connectivity index (χ1n) is 9.39. The van der Waals surface area contributed by atoms with Gasteiger partial charge in [0.05, 0.1) is 4.90 Å². The molecule has 2 aromatic rings. The van der Waals surface area contributed by atoms with Crippen LogP contribution in [0.3, 0.4) is 0 Å². The minimum absolute atomic E-state index is 0. The first kappa shape index (κ1) is 27.9. The van der Waals surface area contributed by atoms with Gasteiger partial charge in [-0.1, -0.05) is 18.2 Å². The zero-order valence-electron chi connectivity index (χ0n) is 17.3. The number of hydrogen-bond donors (Lipinski definition) is 3. The van der Waals surface area contributed by atoms with Gasteiger partial charge in [0, 0.05) is 24.1 Å². The van der Waals surface area contributed by atoms with Gasteiger partial charge in [-0.3, -0.25) is 4.79 Å². The van der Waals surface area contributed by atoms with E-state index in [9.17, 15) is 44.7 Å². The van der Waals surface area contributed by atoms with Crippen LogP contribution in [0.15, 0.2) is 47.4 Å². The number of carbonyl (C=O) groups excluding carboxylic acids is 1. The van der Waals surface area contributed by atoms with Crippen molar-refractivity contribution in [1.82, 2.24) is 5.32 Å². The predicted octanol–water partition coefficient (Wildman–Crippen LogP) is 3.65. The van der Waals surface area contributed by atoms with Gasteiger partial charge in [-0.2, -0.15) is 26.3 Å². The number of sulfone groups is 1. The molecule has 1 atom stereocenters. The molecule has 1 amide bonds. The number of anilines is 1. The van der Waals surface area contributed by atoms with Crippen LogP contribution < -0.4 is 10.6 Å². The van der Waals surface area contributed by atoms with E-state index in [1.807, 2.05) is 0 Å². The molecule has 2 aromatic carbocycles. The van der Waals surface area contributed by atoms with Crippen molar-refractivity contribution >= 4 is 33.8 Å². The normalized spacial score (nSPS) is 16.9. The van der Waals surface area contributed by atoms with Crippen LogP contribution in [-0.4, -0.2) is 44.6 Å². The van der Waals surface area contributed by atoms with Gasteiger partial charge < -0.3 is 15.7 Å². The lowest BCUT2D eigenvalue weighted by Crippen LogP contribution is -2.53. The maximum atomic E-state index is 13.0. The Bertz CT molecular complexity index is 1150. The molecule has 0 aromatic heterocycles. The van der Waals surface area contributed by atoms with E-state index in [1.165, 1.54) is 18.2 Å². The van der Waals surface area contributed by atoms with Crippen LogP contribution in [0.4, 0.5) is 32.0 Å². The van der Waals surface area contributed by atoms with Crippen molar-refractivity contribution < 1.29 is 44.7 Å². The number of aliphatic hydroxyl groups is 1. The van der Waals surface area contributed by atoms with Crippen LogP contribution in [-0.2, 0) is 26.7 Å². The summed E-state index contributed by atoms with van der Waals surface area (Å²) in [7, 11) is -3.46. The lowest BCUT2D eigenvalue weighted by atomic mass is 9.92. The van der Waals surface area contributed by atoms with E-state index in [2.05, 4.69) is 10.6 Å². The van der Waals surface area contributed by atoms with Gasteiger partial charge in [-0.15, -0.1) is 12.4 Å². The number of amides is 1. The number of carbonyl (C=O) groups is 1. The van der Waals surface area contributed by atoms with Gasteiger partial charge in [0.1, 0.15) is 6.04 Å². The summed E-state index contributed by atoms with van der Waals surface area (Å²) in [5.41, 5.74) is -5.50. The van der Waals surface area contributed by atoms with E-state index in [4.69, 9.17) is 0 Å². The van der Waals surface area contributed by atoms with Crippen molar-refractivity contribution in [2.45, 2.75) is 35.3 Å². The Morgan fingerprint density at radius 1 is 1.03 bits per heavy atom. The van der Waals surface area contributed by atoms with Gasteiger partial charge in [0.15, 0.2) is 9.84 Å². The van der Waals surface area contributed by atoms with Gasteiger partial charge in [-0.25, -0.2) is 8.42 Å². The predicted molar refractivity (Wildman–Crippen MR) is 112 cm³/mol. The average Bonchev–Trinajstić information content (AvgIpc) is 2.70. The van der Waals surface area contributed by atoms with E-state index in [1.54, 1.807) is 0 Å². The molecule has 0 spiro atoms. The fourth-order valence-corrected chi connectivity index (χ4v) is 4.17. The summed E-state index contributed by atoms with van der Waals surface area (Å²) in [6.45, 7) is 0.335. The summed E-state index contributed by atoms with van der Waals surface area (Å²) in [5.74, 6) is -0.655. The largest absolute Gasteiger partial charge is 0.430 e.